The second-order valence-electron chi connectivity index (χ2n) is 4.36. The lowest BCUT2D eigenvalue weighted by Crippen LogP contribution is -2.67. The van der Waals surface area contributed by atoms with E-state index in [2.05, 4.69) is 11.9 Å². The highest BCUT2D eigenvalue weighted by Crippen LogP contribution is 2.34. The average Bonchev–Trinajstić information content (AvgIpc) is 2.21. The lowest BCUT2D eigenvalue weighted by Gasteiger charge is -2.43. The minimum Gasteiger partial charge on any atom is -0.313 e. The van der Waals surface area contributed by atoms with Crippen LogP contribution in [0.4, 0.5) is 0 Å². The van der Waals surface area contributed by atoms with E-state index >= 15 is 0 Å². The van der Waals surface area contributed by atoms with Crippen molar-refractivity contribution in [1.29, 1.82) is 0 Å². The summed E-state index contributed by atoms with van der Waals surface area (Å²) in [6, 6.07) is 0. The van der Waals surface area contributed by atoms with Crippen molar-refractivity contribution >= 4 is 15.9 Å². The summed E-state index contributed by atoms with van der Waals surface area (Å²) in [6.07, 6.45) is 0. The Morgan fingerprint density at radius 2 is 2.06 bits per heavy atom. The van der Waals surface area contributed by atoms with Gasteiger partial charge in [-0.1, -0.05) is 13.5 Å². The van der Waals surface area contributed by atoms with Crippen LogP contribution in [0.3, 0.4) is 0 Å². The first kappa shape index (κ1) is 13.2. The van der Waals surface area contributed by atoms with Crippen molar-refractivity contribution in [2.75, 3.05) is 19.6 Å². The molecule has 1 saturated heterocycles. The van der Waals surface area contributed by atoms with E-state index in [1.807, 2.05) is 6.92 Å². The lowest BCUT2D eigenvalue weighted by molar-refractivity contribution is -0.131. The van der Waals surface area contributed by atoms with E-state index in [4.69, 9.17) is 0 Å². The van der Waals surface area contributed by atoms with E-state index < -0.39 is 14.8 Å². The molecule has 0 aromatic carbocycles. The first-order valence-corrected chi connectivity index (χ1v) is 6.63. The van der Waals surface area contributed by atoms with Crippen LogP contribution in [-0.2, 0) is 14.8 Å². The number of likely N-dealkylation sites (N-methyl/N-ethyl adjacent to an activating group) is 1. The van der Waals surface area contributed by atoms with Crippen molar-refractivity contribution < 1.29 is 13.2 Å². The minimum absolute atomic E-state index is 0.0809. The monoisotopic (exact) mass is 246 g/mol. The van der Waals surface area contributed by atoms with E-state index in [1.54, 1.807) is 0 Å². The van der Waals surface area contributed by atoms with Crippen LogP contribution in [0, 0.1) is 0 Å². The standard InChI is InChI=1S/C10H18N2O3S/c1-5-11-6-8(2)7-12-9(13)10(3,4)16(12,14)15/h11H,2,5-7H2,1,3-4H3. The van der Waals surface area contributed by atoms with Crippen molar-refractivity contribution in [2.45, 2.75) is 25.5 Å². The van der Waals surface area contributed by atoms with E-state index in [9.17, 15) is 13.2 Å². The number of rotatable bonds is 5. The number of carbonyl (C=O) groups is 1. The first-order chi connectivity index (χ1) is 7.25. The Balaban J connectivity index is 2.65. The van der Waals surface area contributed by atoms with E-state index in [1.165, 1.54) is 13.8 Å². The average molecular weight is 246 g/mol. The van der Waals surface area contributed by atoms with Gasteiger partial charge in [0.1, 0.15) is 0 Å². The molecule has 0 aromatic rings. The number of amides is 1. The predicted octanol–water partition coefficient (Wildman–Crippen LogP) is 0.103. The molecule has 16 heavy (non-hydrogen) atoms. The fraction of sp³-hybridized carbons (Fsp3) is 0.700. The molecule has 6 heteroatoms. The van der Waals surface area contributed by atoms with Crippen molar-refractivity contribution in [3.8, 4) is 0 Å². The SMILES string of the molecule is C=C(CNCC)CN1C(=O)C(C)(C)S1(=O)=O. The van der Waals surface area contributed by atoms with Gasteiger partial charge >= 0.3 is 0 Å². The molecule has 1 N–H and O–H groups in total. The molecule has 1 aliphatic heterocycles. The van der Waals surface area contributed by atoms with Gasteiger partial charge < -0.3 is 5.32 Å². The highest BCUT2D eigenvalue weighted by Gasteiger charge is 2.59. The molecule has 0 saturated carbocycles. The third kappa shape index (κ3) is 1.87. The van der Waals surface area contributed by atoms with Gasteiger partial charge in [0.15, 0.2) is 4.75 Å². The summed E-state index contributed by atoms with van der Waals surface area (Å²) in [6.45, 7) is 9.92. The molecule has 1 heterocycles. The Hall–Kier alpha value is -0.880. The molecule has 0 atom stereocenters. The smallest absolute Gasteiger partial charge is 0.259 e. The van der Waals surface area contributed by atoms with Gasteiger partial charge in [0.05, 0.1) is 6.54 Å². The van der Waals surface area contributed by atoms with E-state index in [0.717, 1.165) is 10.8 Å². The topological polar surface area (TPSA) is 66.5 Å². The maximum Gasteiger partial charge on any atom is 0.259 e. The molecule has 0 aliphatic carbocycles. The van der Waals surface area contributed by atoms with Gasteiger partial charge in [-0.25, -0.2) is 12.7 Å². The van der Waals surface area contributed by atoms with Crippen LogP contribution < -0.4 is 5.32 Å². The largest absolute Gasteiger partial charge is 0.313 e. The highest BCUT2D eigenvalue weighted by atomic mass is 32.2. The summed E-state index contributed by atoms with van der Waals surface area (Å²) in [7, 11) is -3.47. The summed E-state index contributed by atoms with van der Waals surface area (Å²) in [5.74, 6) is -0.356. The molecule has 0 spiro atoms. The number of hydrogen-bond donors (Lipinski definition) is 1. The fourth-order valence-corrected chi connectivity index (χ4v) is 3.02. The van der Waals surface area contributed by atoms with Crippen LogP contribution >= 0.6 is 0 Å². The quantitative estimate of drug-likeness (QED) is 0.699. The van der Waals surface area contributed by atoms with Crippen molar-refractivity contribution in [2.24, 2.45) is 0 Å². The summed E-state index contributed by atoms with van der Waals surface area (Å²) in [4.78, 5) is 11.6. The van der Waals surface area contributed by atoms with Crippen molar-refractivity contribution in [3.05, 3.63) is 12.2 Å². The predicted molar refractivity (Wildman–Crippen MR) is 62.4 cm³/mol. The number of sulfonamides is 1. The number of nitrogens with zero attached hydrogens (tertiary/aromatic N) is 1. The summed E-state index contributed by atoms with van der Waals surface area (Å²) in [5, 5.41) is 3.03. The van der Waals surface area contributed by atoms with Gasteiger partial charge in [0.2, 0.25) is 0 Å². The highest BCUT2D eigenvalue weighted by molar-refractivity contribution is 7.94. The Kier molecular flexibility index (Phi) is 3.44. The number of hydrogen-bond acceptors (Lipinski definition) is 4. The first-order valence-electron chi connectivity index (χ1n) is 5.19. The third-order valence-corrected chi connectivity index (χ3v) is 5.01. The normalized spacial score (nSPS) is 21.7. The van der Waals surface area contributed by atoms with Gasteiger partial charge in [0, 0.05) is 6.54 Å². The van der Waals surface area contributed by atoms with Crippen LogP contribution in [0.5, 0.6) is 0 Å². The van der Waals surface area contributed by atoms with Crippen LogP contribution in [0.15, 0.2) is 12.2 Å². The maximum atomic E-state index is 11.7. The molecule has 1 amide bonds. The Morgan fingerprint density at radius 1 is 1.50 bits per heavy atom. The summed E-state index contributed by atoms with van der Waals surface area (Å²) >= 11 is 0. The Labute approximate surface area is 96.6 Å². The second kappa shape index (κ2) is 4.18. The molecule has 5 nitrogen and oxygen atoms in total. The summed E-state index contributed by atoms with van der Waals surface area (Å²) in [5.41, 5.74) is 0.689. The molecule has 92 valence electrons. The van der Waals surface area contributed by atoms with Crippen LogP contribution in [0.1, 0.15) is 20.8 Å². The molecule has 1 rings (SSSR count). The molecule has 0 radical (unpaired) electrons. The van der Waals surface area contributed by atoms with Crippen LogP contribution in [0.25, 0.3) is 0 Å². The molecular weight excluding hydrogens is 228 g/mol. The van der Waals surface area contributed by atoms with Crippen molar-refractivity contribution in [1.82, 2.24) is 9.62 Å². The van der Waals surface area contributed by atoms with Crippen LogP contribution in [0.2, 0.25) is 0 Å². The third-order valence-electron chi connectivity index (χ3n) is 2.67. The lowest BCUT2D eigenvalue weighted by atomic mass is 10.1. The molecule has 1 fully saturated rings. The zero-order chi connectivity index (χ0) is 12.6. The second-order valence-corrected chi connectivity index (χ2v) is 6.77. The zero-order valence-electron chi connectivity index (χ0n) is 9.91. The Morgan fingerprint density at radius 3 is 2.50 bits per heavy atom. The van der Waals surface area contributed by atoms with Crippen molar-refractivity contribution in [3.63, 3.8) is 0 Å². The molecule has 0 bridgehead atoms. The minimum atomic E-state index is -3.47. The van der Waals surface area contributed by atoms with Gasteiger partial charge in [-0.2, -0.15) is 0 Å². The van der Waals surface area contributed by atoms with Gasteiger partial charge in [-0.05, 0) is 26.0 Å². The molecule has 0 aromatic heterocycles. The van der Waals surface area contributed by atoms with E-state index in [0.29, 0.717) is 12.1 Å². The van der Waals surface area contributed by atoms with E-state index in [-0.39, 0.29) is 12.5 Å². The molecule has 1 aliphatic rings. The fourth-order valence-electron chi connectivity index (χ4n) is 1.47. The zero-order valence-corrected chi connectivity index (χ0v) is 10.7. The number of carbonyl (C=O) groups excluding carboxylic acids is 1. The van der Waals surface area contributed by atoms with Gasteiger partial charge in [-0.15, -0.1) is 0 Å². The molecule has 0 unspecified atom stereocenters. The summed E-state index contributed by atoms with van der Waals surface area (Å²) < 4.78 is 23.1. The maximum absolute atomic E-state index is 11.7. The number of nitrogens with one attached hydrogen (secondary N) is 1. The van der Waals surface area contributed by atoms with Crippen LogP contribution in [-0.4, -0.2) is 43.0 Å². The van der Waals surface area contributed by atoms with Gasteiger partial charge in [-0.3, -0.25) is 4.79 Å². The molecular formula is C10H18N2O3S. The Bertz CT molecular complexity index is 412. The van der Waals surface area contributed by atoms with Gasteiger partial charge in [0.25, 0.3) is 15.9 Å².